The Balaban J connectivity index is 2.18. The standard InChI is InChI=1S/C11H16N2O2/c1-8-3-4-10(12(8)2)11(15)13-6-5-9(14)7-13/h3-4,9,14H,5-7H2,1-2H3/t9-/m1/s1. The second-order valence-corrected chi connectivity index (χ2v) is 4.11. The Bertz CT molecular complexity index is 384. The van der Waals surface area contributed by atoms with Gasteiger partial charge in [-0.2, -0.15) is 0 Å². The lowest BCUT2D eigenvalue weighted by molar-refractivity contribution is 0.0755. The Hall–Kier alpha value is -1.29. The number of likely N-dealkylation sites (tertiary alicyclic amines) is 1. The highest BCUT2D eigenvalue weighted by atomic mass is 16.3. The molecule has 1 N–H and O–H groups in total. The van der Waals surface area contributed by atoms with E-state index in [0.29, 0.717) is 25.2 Å². The van der Waals surface area contributed by atoms with Crippen molar-refractivity contribution in [3.05, 3.63) is 23.5 Å². The Morgan fingerprint density at radius 3 is 2.73 bits per heavy atom. The van der Waals surface area contributed by atoms with E-state index in [4.69, 9.17) is 0 Å². The molecule has 0 saturated carbocycles. The molecule has 0 bridgehead atoms. The zero-order valence-electron chi connectivity index (χ0n) is 9.10. The molecule has 1 atom stereocenters. The second kappa shape index (κ2) is 3.70. The number of rotatable bonds is 1. The van der Waals surface area contributed by atoms with E-state index in [1.165, 1.54) is 0 Å². The van der Waals surface area contributed by atoms with Gasteiger partial charge in [0, 0.05) is 25.8 Å². The van der Waals surface area contributed by atoms with Gasteiger partial charge in [0.25, 0.3) is 5.91 Å². The van der Waals surface area contributed by atoms with Crippen molar-refractivity contribution in [1.82, 2.24) is 9.47 Å². The summed E-state index contributed by atoms with van der Waals surface area (Å²) in [6.07, 6.45) is 0.338. The molecule has 15 heavy (non-hydrogen) atoms. The summed E-state index contributed by atoms with van der Waals surface area (Å²) >= 11 is 0. The maximum atomic E-state index is 12.0. The van der Waals surface area contributed by atoms with Gasteiger partial charge in [-0.15, -0.1) is 0 Å². The number of hydrogen-bond donors (Lipinski definition) is 1. The number of carbonyl (C=O) groups is 1. The van der Waals surface area contributed by atoms with Crippen LogP contribution in [0.3, 0.4) is 0 Å². The summed E-state index contributed by atoms with van der Waals surface area (Å²) in [5, 5.41) is 9.37. The van der Waals surface area contributed by atoms with Crippen molar-refractivity contribution in [2.24, 2.45) is 7.05 Å². The van der Waals surface area contributed by atoms with Crippen LogP contribution in [0.2, 0.25) is 0 Å². The molecule has 4 nitrogen and oxygen atoms in total. The molecule has 1 aromatic heterocycles. The third kappa shape index (κ3) is 1.77. The molecular formula is C11H16N2O2. The first kappa shape index (κ1) is 10.2. The van der Waals surface area contributed by atoms with E-state index in [1.54, 1.807) is 4.90 Å². The number of nitrogens with zero attached hydrogens (tertiary/aromatic N) is 2. The van der Waals surface area contributed by atoms with Crippen LogP contribution in [-0.4, -0.2) is 39.7 Å². The number of amides is 1. The molecule has 0 spiro atoms. The van der Waals surface area contributed by atoms with Crippen LogP contribution in [0.15, 0.2) is 12.1 Å². The summed E-state index contributed by atoms with van der Waals surface area (Å²) in [6, 6.07) is 3.77. The third-order valence-corrected chi connectivity index (χ3v) is 3.04. The molecule has 1 fully saturated rings. The molecule has 0 radical (unpaired) electrons. The van der Waals surface area contributed by atoms with Gasteiger partial charge >= 0.3 is 0 Å². The van der Waals surface area contributed by atoms with Crippen molar-refractivity contribution in [3.8, 4) is 0 Å². The topological polar surface area (TPSA) is 45.5 Å². The number of aromatic nitrogens is 1. The van der Waals surface area contributed by atoms with Gasteiger partial charge in [-0.25, -0.2) is 0 Å². The second-order valence-electron chi connectivity index (χ2n) is 4.11. The quantitative estimate of drug-likeness (QED) is 0.732. The van der Waals surface area contributed by atoms with Gasteiger partial charge in [0.2, 0.25) is 0 Å². The van der Waals surface area contributed by atoms with Crippen LogP contribution in [0, 0.1) is 6.92 Å². The Kier molecular flexibility index (Phi) is 2.52. The van der Waals surface area contributed by atoms with Crippen LogP contribution in [0.4, 0.5) is 0 Å². The lowest BCUT2D eigenvalue weighted by Crippen LogP contribution is -2.30. The average Bonchev–Trinajstić information content (AvgIpc) is 2.75. The predicted octanol–water partition coefficient (Wildman–Crippen LogP) is 0.540. The first-order valence-electron chi connectivity index (χ1n) is 5.19. The molecule has 0 aliphatic carbocycles. The molecule has 0 unspecified atom stereocenters. The van der Waals surface area contributed by atoms with Crippen LogP contribution in [0.1, 0.15) is 22.6 Å². The smallest absolute Gasteiger partial charge is 0.270 e. The summed E-state index contributed by atoms with van der Waals surface area (Å²) in [7, 11) is 1.88. The molecule has 1 saturated heterocycles. The van der Waals surface area contributed by atoms with Crippen LogP contribution in [0.25, 0.3) is 0 Å². The van der Waals surface area contributed by atoms with E-state index in [0.717, 1.165) is 5.69 Å². The molecule has 4 heteroatoms. The summed E-state index contributed by atoms with van der Waals surface area (Å²) in [5.74, 6) is 0.0159. The normalized spacial score (nSPS) is 21.0. The predicted molar refractivity (Wildman–Crippen MR) is 56.7 cm³/mol. The minimum Gasteiger partial charge on any atom is -0.391 e. The molecule has 1 aliphatic heterocycles. The van der Waals surface area contributed by atoms with Crippen LogP contribution in [0.5, 0.6) is 0 Å². The number of aliphatic hydroxyl groups excluding tert-OH is 1. The van der Waals surface area contributed by atoms with Crippen LogP contribution in [-0.2, 0) is 7.05 Å². The minimum atomic E-state index is -0.352. The number of aliphatic hydroxyl groups is 1. The van der Waals surface area contributed by atoms with Gasteiger partial charge < -0.3 is 14.6 Å². The van der Waals surface area contributed by atoms with E-state index in [9.17, 15) is 9.90 Å². The maximum absolute atomic E-state index is 12.0. The number of aryl methyl sites for hydroxylation is 1. The zero-order valence-corrected chi connectivity index (χ0v) is 9.10. The first-order chi connectivity index (χ1) is 7.09. The third-order valence-electron chi connectivity index (χ3n) is 3.04. The highest BCUT2D eigenvalue weighted by molar-refractivity contribution is 5.93. The minimum absolute atomic E-state index is 0.0159. The molecule has 1 aliphatic rings. The van der Waals surface area contributed by atoms with Crippen molar-refractivity contribution in [3.63, 3.8) is 0 Å². The number of hydrogen-bond acceptors (Lipinski definition) is 2. The van der Waals surface area contributed by atoms with Crippen molar-refractivity contribution >= 4 is 5.91 Å². The Morgan fingerprint density at radius 2 is 2.27 bits per heavy atom. The molecule has 2 heterocycles. The molecule has 82 valence electrons. The van der Waals surface area contributed by atoms with Gasteiger partial charge in [0.05, 0.1) is 6.10 Å². The van der Waals surface area contributed by atoms with Gasteiger partial charge in [-0.3, -0.25) is 4.79 Å². The number of β-amino-alcohol motifs (C(OH)–C–C–N with tert-alkyl or cyclic N) is 1. The fourth-order valence-corrected chi connectivity index (χ4v) is 1.92. The summed E-state index contributed by atoms with van der Waals surface area (Å²) < 4.78 is 1.88. The molecule has 2 rings (SSSR count). The molecule has 1 amide bonds. The highest BCUT2D eigenvalue weighted by Gasteiger charge is 2.26. The van der Waals surface area contributed by atoms with Crippen LogP contribution >= 0.6 is 0 Å². The molecule has 1 aromatic rings. The van der Waals surface area contributed by atoms with Crippen molar-refractivity contribution < 1.29 is 9.90 Å². The van der Waals surface area contributed by atoms with Gasteiger partial charge in [0.15, 0.2) is 0 Å². The lowest BCUT2D eigenvalue weighted by atomic mass is 10.3. The highest BCUT2D eigenvalue weighted by Crippen LogP contribution is 2.14. The van der Waals surface area contributed by atoms with Crippen LogP contribution < -0.4 is 0 Å². The fourth-order valence-electron chi connectivity index (χ4n) is 1.92. The number of carbonyl (C=O) groups excluding carboxylic acids is 1. The Morgan fingerprint density at radius 1 is 1.53 bits per heavy atom. The monoisotopic (exact) mass is 208 g/mol. The van der Waals surface area contributed by atoms with E-state index < -0.39 is 0 Å². The summed E-state index contributed by atoms with van der Waals surface area (Å²) in [4.78, 5) is 13.7. The SMILES string of the molecule is Cc1ccc(C(=O)N2CC[C@@H](O)C2)n1C. The lowest BCUT2D eigenvalue weighted by Gasteiger charge is -2.16. The fraction of sp³-hybridized carbons (Fsp3) is 0.545. The molecule has 0 aromatic carbocycles. The van der Waals surface area contributed by atoms with Crippen molar-refractivity contribution in [1.29, 1.82) is 0 Å². The van der Waals surface area contributed by atoms with Crippen molar-refractivity contribution in [2.75, 3.05) is 13.1 Å². The maximum Gasteiger partial charge on any atom is 0.270 e. The van der Waals surface area contributed by atoms with Gasteiger partial charge in [-0.05, 0) is 25.5 Å². The van der Waals surface area contributed by atoms with E-state index >= 15 is 0 Å². The average molecular weight is 208 g/mol. The van der Waals surface area contributed by atoms with E-state index in [-0.39, 0.29) is 12.0 Å². The Labute approximate surface area is 89.1 Å². The molecular weight excluding hydrogens is 192 g/mol. The first-order valence-corrected chi connectivity index (χ1v) is 5.19. The van der Waals surface area contributed by atoms with E-state index in [2.05, 4.69) is 0 Å². The van der Waals surface area contributed by atoms with E-state index in [1.807, 2.05) is 30.7 Å². The van der Waals surface area contributed by atoms with Gasteiger partial charge in [0.1, 0.15) is 5.69 Å². The van der Waals surface area contributed by atoms with Gasteiger partial charge in [-0.1, -0.05) is 0 Å². The summed E-state index contributed by atoms with van der Waals surface area (Å²) in [5.41, 5.74) is 1.76. The van der Waals surface area contributed by atoms with Crippen molar-refractivity contribution in [2.45, 2.75) is 19.4 Å². The summed E-state index contributed by atoms with van der Waals surface area (Å²) in [6.45, 7) is 3.09. The largest absolute Gasteiger partial charge is 0.391 e. The zero-order chi connectivity index (χ0) is 11.0.